The van der Waals surface area contributed by atoms with Crippen LogP contribution in [0.3, 0.4) is 0 Å². The lowest BCUT2D eigenvalue weighted by molar-refractivity contribution is 0.197. The largest absolute Gasteiger partial charge is 0.330 e. The molecule has 2 nitrogen and oxygen atoms in total. The normalized spacial score (nSPS) is 18.8. The average molecular weight is 339 g/mol. The fraction of sp³-hybridized carbons (Fsp3) is 0.533. The van der Waals surface area contributed by atoms with Crippen LogP contribution < -0.4 is 5.73 Å². The van der Waals surface area contributed by atoms with E-state index in [4.69, 9.17) is 10.7 Å². The maximum Gasteiger partial charge on any atom is 0.0944 e. The molecule has 2 N–H and O–H groups in total. The number of benzene rings is 1. The highest BCUT2D eigenvalue weighted by atomic mass is 79.9. The van der Waals surface area contributed by atoms with Gasteiger partial charge in [0.2, 0.25) is 0 Å². The topological polar surface area (TPSA) is 38.9 Å². The Hall–Kier alpha value is -0.450. The third kappa shape index (κ3) is 2.86. The van der Waals surface area contributed by atoms with Gasteiger partial charge >= 0.3 is 0 Å². The van der Waals surface area contributed by atoms with Gasteiger partial charge in [0.1, 0.15) is 0 Å². The zero-order valence-electron chi connectivity index (χ0n) is 11.0. The van der Waals surface area contributed by atoms with Gasteiger partial charge in [0.15, 0.2) is 0 Å². The Morgan fingerprint density at radius 3 is 2.79 bits per heavy atom. The highest BCUT2D eigenvalue weighted by molar-refractivity contribution is 9.10. The number of halogens is 1. The zero-order valence-corrected chi connectivity index (χ0v) is 13.4. The Morgan fingerprint density at radius 1 is 1.26 bits per heavy atom. The van der Waals surface area contributed by atoms with Crippen molar-refractivity contribution in [2.24, 2.45) is 11.1 Å². The van der Waals surface area contributed by atoms with Gasteiger partial charge in [-0.2, -0.15) is 0 Å². The molecule has 0 unspecified atom stereocenters. The lowest BCUT2D eigenvalue weighted by atomic mass is 9.72. The third-order valence-electron chi connectivity index (χ3n) is 4.27. The van der Waals surface area contributed by atoms with Crippen LogP contribution in [0, 0.1) is 5.41 Å². The predicted molar refractivity (Wildman–Crippen MR) is 85.6 cm³/mol. The van der Waals surface area contributed by atoms with Gasteiger partial charge in [-0.3, -0.25) is 0 Å². The van der Waals surface area contributed by atoms with Crippen LogP contribution in [0.1, 0.15) is 37.1 Å². The Balaban J connectivity index is 1.87. The maximum absolute atomic E-state index is 6.07. The van der Waals surface area contributed by atoms with Gasteiger partial charge in [-0.25, -0.2) is 4.98 Å². The van der Waals surface area contributed by atoms with Crippen LogP contribution in [0.25, 0.3) is 10.2 Å². The van der Waals surface area contributed by atoms with Crippen molar-refractivity contribution in [2.45, 2.75) is 38.5 Å². The lowest BCUT2D eigenvalue weighted by Crippen LogP contribution is -2.34. The van der Waals surface area contributed by atoms with Crippen LogP contribution in [0.15, 0.2) is 22.7 Å². The Kier molecular flexibility index (Phi) is 3.92. The summed E-state index contributed by atoms with van der Waals surface area (Å²) in [7, 11) is 0. The highest BCUT2D eigenvalue weighted by Gasteiger charge is 2.31. The number of nitrogens with two attached hydrogens (primary N) is 1. The second-order valence-electron chi connectivity index (χ2n) is 5.66. The lowest BCUT2D eigenvalue weighted by Gasteiger charge is -2.35. The molecular weight excluding hydrogens is 320 g/mol. The van der Waals surface area contributed by atoms with E-state index in [0.29, 0.717) is 5.41 Å². The molecule has 0 amide bonds. The van der Waals surface area contributed by atoms with Gasteiger partial charge < -0.3 is 5.73 Å². The molecule has 0 aliphatic heterocycles. The third-order valence-corrected chi connectivity index (χ3v) is 5.78. The van der Waals surface area contributed by atoms with Gasteiger partial charge in [0, 0.05) is 10.9 Å². The smallest absolute Gasteiger partial charge is 0.0944 e. The molecule has 3 rings (SSSR count). The molecule has 4 heteroatoms. The number of rotatable bonds is 3. The number of thiazole rings is 1. The van der Waals surface area contributed by atoms with E-state index in [0.717, 1.165) is 23.0 Å². The Morgan fingerprint density at radius 2 is 2.05 bits per heavy atom. The van der Waals surface area contributed by atoms with Gasteiger partial charge in [-0.1, -0.05) is 35.2 Å². The number of hydrogen-bond donors (Lipinski definition) is 1. The van der Waals surface area contributed by atoms with Gasteiger partial charge in [0.05, 0.1) is 15.2 Å². The van der Waals surface area contributed by atoms with E-state index in [1.165, 1.54) is 41.8 Å². The Bertz CT molecular complexity index is 573. The van der Waals surface area contributed by atoms with Crippen molar-refractivity contribution in [3.63, 3.8) is 0 Å². The standard InChI is InChI=1S/C15H19BrN2S/c16-11-4-5-12-13(8-11)19-14(18-12)9-15(10-17)6-2-1-3-7-15/h4-5,8H,1-3,6-7,9-10,17H2. The van der Waals surface area contributed by atoms with E-state index in [1.807, 2.05) is 11.3 Å². The van der Waals surface area contributed by atoms with E-state index in [-0.39, 0.29) is 0 Å². The molecular formula is C15H19BrN2S. The molecule has 1 aliphatic rings. The number of nitrogens with zero attached hydrogens (tertiary/aromatic N) is 1. The van der Waals surface area contributed by atoms with E-state index in [2.05, 4.69) is 34.1 Å². The fourth-order valence-corrected chi connectivity index (χ4v) is 4.79. The van der Waals surface area contributed by atoms with Crippen LogP contribution >= 0.6 is 27.3 Å². The van der Waals surface area contributed by atoms with E-state index >= 15 is 0 Å². The summed E-state index contributed by atoms with van der Waals surface area (Å²) in [6.45, 7) is 0.798. The predicted octanol–water partition coefficient (Wildman–Crippen LogP) is 4.51. The summed E-state index contributed by atoms with van der Waals surface area (Å²) in [5, 5.41) is 1.25. The van der Waals surface area contributed by atoms with E-state index < -0.39 is 0 Å². The molecule has 0 saturated heterocycles. The van der Waals surface area contributed by atoms with Crippen LogP contribution in [0.5, 0.6) is 0 Å². The number of hydrogen-bond acceptors (Lipinski definition) is 3. The number of fused-ring (bicyclic) bond motifs is 1. The summed E-state index contributed by atoms with van der Waals surface area (Å²) in [6.07, 6.45) is 7.61. The van der Waals surface area contributed by atoms with E-state index in [9.17, 15) is 0 Å². The SMILES string of the molecule is NCC1(Cc2nc3ccc(Br)cc3s2)CCCCC1. The quantitative estimate of drug-likeness (QED) is 0.893. The molecule has 0 radical (unpaired) electrons. The summed E-state index contributed by atoms with van der Waals surface area (Å²) in [5.74, 6) is 0. The molecule has 0 atom stereocenters. The van der Waals surface area contributed by atoms with Crippen molar-refractivity contribution < 1.29 is 0 Å². The van der Waals surface area contributed by atoms with Crippen molar-refractivity contribution in [3.05, 3.63) is 27.7 Å². The summed E-state index contributed by atoms with van der Waals surface area (Å²) in [4.78, 5) is 4.78. The first-order valence-corrected chi connectivity index (χ1v) is 8.57. The first-order chi connectivity index (χ1) is 9.21. The summed E-state index contributed by atoms with van der Waals surface area (Å²) >= 11 is 5.35. The average Bonchev–Trinajstić information content (AvgIpc) is 2.81. The maximum atomic E-state index is 6.07. The van der Waals surface area contributed by atoms with Crippen molar-refractivity contribution in [1.82, 2.24) is 4.98 Å². The van der Waals surface area contributed by atoms with Gasteiger partial charge in [-0.15, -0.1) is 11.3 Å². The van der Waals surface area contributed by atoms with Crippen molar-refractivity contribution >= 4 is 37.5 Å². The van der Waals surface area contributed by atoms with E-state index in [1.54, 1.807) is 0 Å². The van der Waals surface area contributed by atoms with Gasteiger partial charge in [-0.05, 0) is 43.0 Å². The molecule has 1 aromatic carbocycles. The minimum Gasteiger partial charge on any atom is -0.330 e. The monoisotopic (exact) mass is 338 g/mol. The number of aromatic nitrogens is 1. The second-order valence-corrected chi connectivity index (χ2v) is 7.69. The second kappa shape index (κ2) is 5.51. The summed E-state index contributed by atoms with van der Waals surface area (Å²) in [5.41, 5.74) is 7.50. The van der Waals surface area contributed by atoms with Crippen molar-refractivity contribution in [3.8, 4) is 0 Å². The Labute approximate surface area is 126 Å². The van der Waals surface area contributed by atoms with Crippen LogP contribution in [0.2, 0.25) is 0 Å². The molecule has 2 aromatic rings. The van der Waals surface area contributed by atoms with Crippen molar-refractivity contribution in [2.75, 3.05) is 6.54 Å². The minimum absolute atomic E-state index is 0.309. The summed E-state index contributed by atoms with van der Waals surface area (Å²) in [6, 6.07) is 6.31. The first kappa shape index (κ1) is 13.5. The molecule has 1 fully saturated rings. The molecule has 1 aliphatic carbocycles. The van der Waals surface area contributed by atoms with Crippen LogP contribution in [0.4, 0.5) is 0 Å². The molecule has 0 bridgehead atoms. The first-order valence-electron chi connectivity index (χ1n) is 6.96. The van der Waals surface area contributed by atoms with Crippen LogP contribution in [-0.2, 0) is 6.42 Å². The van der Waals surface area contributed by atoms with Gasteiger partial charge in [0.25, 0.3) is 0 Å². The molecule has 102 valence electrons. The fourth-order valence-electron chi connectivity index (χ4n) is 3.10. The van der Waals surface area contributed by atoms with Crippen molar-refractivity contribution in [1.29, 1.82) is 0 Å². The van der Waals surface area contributed by atoms with Crippen LogP contribution in [-0.4, -0.2) is 11.5 Å². The highest BCUT2D eigenvalue weighted by Crippen LogP contribution is 2.39. The molecule has 1 saturated carbocycles. The zero-order chi connectivity index (χ0) is 13.3. The molecule has 1 aromatic heterocycles. The summed E-state index contributed by atoms with van der Waals surface area (Å²) < 4.78 is 2.40. The molecule has 0 spiro atoms. The molecule has 19 heavy (non-hydrogen) atoms. The molecule has 1 heterocycles. The minimum atomic E-state index is 0.309.